The lowest BCUT2D eigenvalue weighted by Gasteiger charge is -2.35. The van der Waals surface area contributed by atoms with Crippen LogP contribution in [0.5, 0.6) is 11.6 Å². The summed E-state index contributed by atoms with van der Waals surface area (Å²) in [6, 6.07) is 16.9. The van der Waals surface area contributed by atoms with Gasteiger partial charge in [0.2, 0.25) is 5.88 Å². The maximum Gasteiger partial charge on any atom is 0.230 e. The number of aliphatic hydroxyl groups is 1. The van der Waals surface area contributed by atoms with Crippen molar-refractivity contribution in [2.24, 2.45) is 0 Å². The van der Waals surface area contributed by atoms with Gasteiger partial charge in [-0.3, -0.25) is 4.79 Å². The summed E-state index contributed by atoms with van der Waals surface area (Å²) in [6.07, 6.45) is 5.88. The largest absolute Gasteiger partial charge is 0.437 e. The first-order valence-electron chi connectivity index (χ1n) is 10.9. The first-order chi connectivity index (χ1) is 15.5. The molecule has 2 aromatic heterocycles. The second-order valence-corrected chi connectivity index (χ2v) is 8.73. The minimum Gasteiger partial charge on any atom is -0.437 e. The zero-order chi connectivity index (χ0) is 22.1. The summed E-state index contributed by atoms with van der Waals surface area (Å²) in [7, 11) is 0. The Hall–Kier alpha value is -3.51. The van der Waals surface area contributed by atoms with E-state index >= 15 is 0 Å². The predicted octanol–water partition coefficient (Wildman–Crippen LogP) is 5.64. The molecule has 5 rings (SSSR count). The van der Waals surface area contributed by atoms with Crippen molar-refractivity contribution in [3.05, 3.63) is 71.9 Å². The van der Waals surface area contributed by atoms with Crippen LogP contribution in [0.2, 0.25) is 0 Å². The van der Waals surface area contributed by atoms with Crippen LogP contribution in [0.15, 0.2) is 60.8 Å². The third-order valence-corrected chi connectivity index (χ3v) is 6.22. The maximum absolute atomic E-state index is 11.5. The summed E-state index contributed by atoms with van der Waals surface area (Å²) >= 11 is 0. The van der Waals surface area contributed by atoms with Crippen LogP contribution in [-0.4, -0.2) is 31.9 Å². The van der Waals surface area contributed by atoms with Crippen molar-refractivity contribution in [2.75, 3.05) is 0 Å². The topological polar surface area (TPSA) is 88.1 Å². The van der Waals surface area contributed by atoms with Gasteiger partial charge in [-0.05, 0) is 74.4 Å². The van der Waals surface area contributed by atoms with Crippen molar-refractivity contribution in [2.45, 2.75) is 44.1 Å². The van der Waals surface area contributed by atoms with E-state index in [0.717, 1.165) is 47.7 Å². The molecule has 0 saturated heterocycles. The van der Waals surface area contributed by atoms with Crippen molar-refractivity contribution in [3.63, 3.8) is 0 Å². The average molecular weight is 428 g/mol. The number of para-hydroxylation sites is 3. The molecule has 6 heteroatoms. The number of aldehydes is 1. The summed E-state index contributed by atoms with van der Waals surface area (Å²) in [4.78, 5) is 24.3. The molecule has 162 valence electrons. The summed E-state index contributed by atoms with van der Waals surface area (Å²) in [5.74, 6) is 1.65. The highest BCUT2D eigenvalue weighted by Gasteiger charge is 2.33. The number of aromatic nitrogens is 3. The SMILES string of the molecule is CC1(O)CCC[C@@H](c2ccnc(Oc3ccccc3C=O)c2-c2nc3ccccc3[nH]2)C1. The van der Waals surface area contributed by atoms with E-state index < -0.39 is 5.60 Å². The number of fused-ring (bicyclic) bond motifs is 1. The molecule has 1 saturated carbocycles. The number of hydrogen-bond acceptors (Lipinski definition) is 5. The van der Waals surface area contributed by atoms with Crippen molar-refractivity contribution in [1.82, 2.24) is 15.0 Å². The highest BCUT2D eigenvalue weighted by Crippen LogP contribution is 2.44. The zero-order valence-corrected chi connectivity index (χ0v) is 17.9. The van der Waals surface area contributed by atoms with Gasteiger partial charge in [-0.25, -0.2) is 9.97 Å². The molecule has 1 aliphatic carbocycles. The van der Waals surface area contributed by atoms with Crippen LogP contribution in [-0.2, 0) is 0 Å². The van der Waals surface area contributed by atoms with Crippen LogP contribution in [0.4, 0.5) is 0 Å². The molecular formula is C26H25N3O3. The smallest absolute Gasteiger partial charge is 0.230 e. The van der Waals surface area contributed by atoms with Crippen LogP contribution in [0.25, 0.3) is 22.4 Å². The van der Waals surface area contributed by atoms with Crippen LogP contribution in [0.1, 0.15) is 54.4 Å². The number of H-pyrrole nitrogens is 1. The van der Waals surface area contributed by atoms with E-state index in [-0.39, 0.29) is 5.92 Å². The van der Waals surface area contributed by atoms with Gasteiger partial charge in [0.15, 0.2) is 6.29 Å². The van der Waals surface area contributed by atoms with E-state index in [0.29, 0.717) is 29.4 Å². The van der Waals surface area contributed by atoms with Gasteiger partial charge in [0.05, 0.1) is 27.8 Å². The normalized spacial score (nSPS) is 20.9. The molecule has 0 spiro atoms. The molecule has 2 aromatic carbocycles. The minimum absolute atomic E-state index is 0.147. The Morgan fingerprint density at radius 3 is 2.78 bits per heavy atom. The predicted molar refractivity (Wildman–Crippen MR) is 123 cm³/mol. The van der Waals surface area contributed by atoms with Gasteiger partial charge in [0.1, 0.15) is 11.6 Å². The summed E-state index contributed by atoms with van der Waals surface area (Å²) in [5, 5.41) is 10.7. The molecule has 32 heavy (non-hydrogen) atoms. The molecule has 2 heterocycles. The van der Waals surface area contributed by atoms with Crippen LogP contribution in [0.3, 0.4) is 0 Å². The van der Waals surface area contributed by atoms with E-state index in [1.807, 2.05) is 43.3 Å². The lowest BCUT2D eigenvalue weighted by Crippen LogP contribution is -2.31. The molecule has 0 amide bonds. The lowest BCUT2D eigenvalue weighted by atomic mass is 9.75. The van der Waals surface area contributed by atoms with E-state index in [1.54, 1.807) is 24.4 Å². The third kappa shape index (κ3) is 3.89. The van der Waals surface area contributed by atoms with E-state index in [9.17, 15) is 9.90 Å². The van der Waals surface area contributed by atoms with E-state index in [1.165, 1.54) is 0 Å². The molecule has 1 aliphatic rings. The number of ether oxygens (including phenoxy) is 1. The number of nitrogens with zero attached hydrogens (tertiary/aromatic N) is 2. The molecule has 2 atom stereocenters. The zero-order valence-electron chi connectivity index (χ0n) is 17.9. The number of aromatic amines is 1. The van der Waals surface area contributed by atoms with Crippen LogP contribution >= 0.6 is 0 Å². The van der Waals surface area contributed by atoms with Gasteiger partial charge >= 0.3 is 0 Å². The molecule has 2 N–H and O–H groups in total. The third-order valence-electron chi connectivity index (χ3n) is 6.22. The van der Waals surface area contributed by atoms with Gasteiger partial charge in [0, 0.05) is 6.20 Å². The van der Waals surface area contributed by atoms with Crippen molar-refractivity contribution < 1.29 is 14.6 Å². The standard InChI is InChI=1S/C26H25N3O3/c1-26(31)13-6-8-17(15-26)19-12-14-27-25(32-22-11-5-2-7-18(22)16-30)23(19)24-28-20-9-3-4-10-21(20)29-24/h2-5,7,9-12,14,16-17,31H,6,8,13,15H2,1H3,(H,28,29)/t17-,26?/m1/s1. The Kier molecular flexibility index (Phi) is 5.23. The Morgan fingerprint density at radius 1 is 1.16 bits per heavy atom. The Labute approximate surface area is 186 Å². The fraction of sp³-hybridized carbons (Fsp3) is 0.269. The second kappa shape index (κ2) is 8.20. The monoisotopic (exact) mass is 427 g/mol. The highest BCUT2D eigenvalue weighted by molar-refractivity contribution is 5.82. The van der Waals surface area contributed by atoms with E-state index in [2.05, 4.69) is 9.97 Å². The summed E-state index contributed by atoms with van der Waals surface area (Å²) in [5.41, 5.74) is 3.34. The van der Waals surface area contributed by atoms with Gasteiger partial charge in [-0.15, -0.1) is 0 Å². The number of carbonyl (C=O) groups excluding carboxylic acids is 1. The number of imidazole rings is 1. The lowest BCUT2D eigenvalue weighted by molar-refractivity contribution is 0.0145. The number of pyridine rings is 1. The molecular weight excluding hydrogens is 402 g/mol. The number of benzene rings is 2. The molecule has 6 nitrogen and oxygen atoms in total. The molecule has 1 unspecified atom stereocenters. The fourth-order valence-corrected chi connectivity index (χ4v) is 4.69. The Morgan fingerprint density at radius 2 is 1.97 bits per heavy atom. The number of nitrogens with one attached hydrogen (secondary N) is 1. The first kappa shape index (κ1) is 20.4. The van der Waals surface area contributed by atoms with E-state index in [4.69, 9.17) is 9.72 Å². The summed E-state index contributed by atoms with van der Waals surface area (Å²) < 4.78 is 6.20. The number of carbonyl (C=O) groups is 1. The summed E-state index contributed by atoms with van der Waals surface area (Å²) in [6.45, 7) is 1.90. The van der Waals surface area contributed by atoms with Crippen molar-refractivity contribution >= 4 is 17.3 Å². The quantitative estimate of drug-likeness (QED) is 0.403. The van der Waals surface area contributed by atoms with Gasteiger partial charge in [-0.2, -0.15) is 0 Å². The van der Waals surface area contributed by atoms with Crippen molar-refractivity contribution in [1.29, 1.82) is 0 Å². The minimum atomic E-state index is -0.706. The Balaban J connectivity index is 1.67. The first-order valence-corrected chi connectivity index (χ1v) is 10.9. The van der Waals surface area contributed by atoms with Crippen LogP contribution < -0.4 is 4.74 Å². The van der Waals surface area contributed by atoms with Gasteiger partial charge < -0.3 is 14.8 Å². The molecule has 0 aliphatic heterocycles. The number of rotatable bonds is 5. The highest BCUT2D eigenvalue weighted by atomic mass is 16.5. The van der Waals surface area contributed by atoms with Crippen LogP contribution in [0, 0.1) is 0 Å². The Bertz CT molecular complexity index is 1250. The molecule has 0 bridgehead atoms. The molecule has 0 radical (unpaired) electrons. The molecule has 1 fully saturated rings. The molecule has 4 aromatic rings. The number of hydrogen-bond donors (Lipinski definition) is 2. The second-order valence-electron chi connectivity index (χ2n) is 8.73. The maximum atomic E-state index is 11.5. The van der Waals surface area contributed by atoms with Gasteiger partial charge in [-0.1, -0.05) is 24.3 Å². The fourth-order valence-electron chi connectivity index (χ4n) is 4.69. The average Bonchev–Trinajstić information content (AvgIpc) is 3.22. The van der Waals surface area contributed by atoms with Crippen molar-refractivity contribution in [3.8, 4) is 23.0 Å². The van der Waals surface area contributed by atoms with Gasteiger partial charge in [0.25, 0.3) is 0 Å².